The van der Waals surface area contributed by atoms with Gasteiger partial charge >= 0.3 is 6.18 Å². The van der Waals surface area contributed by atoms with Crippen molar-refractivity contribution in [3.8, 4) is 17.2 Å². The molecule has 0 aliphatic carbocycles. The third kappa shape index (κ3) is 2.05. The number of nitriles is 1. The number of aromatic nitrogens is 2. The molecule has 7 heteroatoms. The van der Waals surface area contributed by atoms with Crippen molar-refractivity contribution < 1.29 is 13.2 Å². The number of aromatic amines is 1. The molecule has 0 amide bonds. The molecule has 1 aromatic heterocycles. The van der Waals surface area contributed by atoms with Crippen molar-refractivity contribution in [2.75, 3.05) is 5.73 Å². The minimum atomic E-state index is -4.65. The second kappa shape index (κ2) is 4.77. The predicted octanol–water partition coefficient (Wildman–Crippen LogP) is 3.70. The number of fused-ring (bicyclic) bond motifs is 1. The Hall–Kier alpha value is -3.01. The molecule has 0 saturated carbocycles. The van der Waals surface area contributed by atoms with Crippen molar-refractivity contribution in [2.24, 2.45) is 0 Å². The maximum atomic E-state index is 13.2. The van der Waals surface area contributed by atoms with E-state index in [1.165, 1.54) is 0 Å². The SMILES string of the molecule is N#Cc1c(C(F)(F)F)cc(-c2ccccc2)c2c(N)n[nH]c12. The molecule has 0 atom stereocenters. The Balaban J connectivity index is 2.47. The zero-order chi connectivity index (χ0) is 15.9. The Bertz CT molecular complexity index is 889. The second-order valence-corrected chi connectivity index (χ2v) is 4.68. The number of nitrogens with one attached hydrogen (secondary N) is 1. The number of nitrogens with zero attached hydrogens (tertiary/aromatic N) is 2. The number of alkyl halides is 3. The van der Waals surface area contributed by atoms with Crippen LogP contribution in [0.1, 0.15) is 11.1 Å². The molecule has 0 bridgehead atoms. The van der Waals surface area contributed by atoms with Gasteiger partial charge in [-0.25, -0.2) is 0 Å². The molecule has 0 fully saturated rings. The van der Waals surface area contributed by atoms with Gasteiger partial charge < -0.3 is 5.73 Å². The van der Waals surface area contributed by atoms with Crippen LogP contribution in [0.2, 0.25) is 0 Å². The number of nitrogens with two attached hydrogens (primary N) is 1. The van der Waals surface area contributed by atoms with Crippen LogP contribution >= 0.6 is 0 Å². The summed E-state index contributed by atoms with van der Waals surface area (Å²) in [6.45, 7) is 0. The van der Waals surface area contributed by atoms with E-state index in [0.29, 0.717) is 10.9 Å². The van der Waals surface area contributed by atoms with Gasteiger partial charge in [-0.05, 0) is 17.2 Å². The van der Waals surface area contributed by atoms with Gasteiger partial charge in [0.2, 0.25) is 0 Å². The summed E-state index contributed by atoms with van der Waals surface area (Å²) in [6.07, 6.45) is -4.65. The van der Waals surface area contributed by atoms with E-state index in [2.05, 4.69) is 10.2 Å². The van der Waals surface area contributed by atoms with Crippen LogP contribution in [0.4, 0.5) is 19.0 Å². The molecular formula is C15H9F3N4. The molecule has 0 saturated heterocycles. The Kier molecular flexibility index (Phi) is 3.03. The van der Waals surface area contributed by atoms with Crippen molar-refractivity contribution >= 4 is 16.7 Å². The fourth-order valence-corrected chi connectivity index (χ4v) is 2.42. The molecule has 4 nitrogen and oxygen atoms in total. The van der Waals surface area contributed by atoms with Gasteiger partial charge in [0.25, 0.3) is 0 Å². The first-order valence-corrected chi connectivity index (χ1v) is 6.26. The number of benzene rings is 2. The van der Waals surface area contributed by atoms with Gasteiger partial charge in [0.05, 0.1) is 22.0 Å². The molecular weight excluding hydrogens is 293 g/mol. The molecule has 3 N–H and O–H groups in total. The molecule has 0 radical (unpaired) electrons. The van der Waals surface area contributed by atoms with Gasteiger partial charge in [0.1, 0.15) is 6.07 Å². The van der Waals surface area contributed by atoms with E-state index in [1.54, 1.807) is 36.4 Å². The topological polar surface area (TPSA) is 78.5 Å². The van der Waals surface area contributed by atoms with Crippen LogP contribution in [0, 0.1) is 11.3 Å². The van der Waals surface area contributed by atoms with E-state index in [9.17, 15) is 13.2 Å². The van der Waals surface area contributed by atoms with Crippen LogP contribution in [0.25, 0.3) is 22.0 Å². The quantitative estimate of drug-likeness (QED) is 0.719. The molecule has 0 aliphatic rings. The molecule has 0 aliphatic heterocycles. The number of halogens is 3. The Morgan fingerprint density at radius 1 is 1.18 bits per heavy atom. The van der Waals surface area contributed by atoms with Crippen molar-refractivity contribution in [3.05, 3.63) is 47.5 Å². The van der Waals surface area contributed by atoms with Crippen molar-refractivity contribution in [1.82, 2.24) is 10.2 Å². The zero-order valence-corrected chi connectivity index (χ0v) is 11.1. The first-order chi connectivity index (χ1) is 10.4. The summed E-state index contributed by atoms with van der Waals surface area (Å²) in [7, 11) is 0. The summed E-state index contributed by atoms with van der Waals surface area (Å²) < 4.78 is 39.7. The maximum Gasteiger partial charge on any atom is 0.417 e. The maximum absolute atomic E-state index is 13.2. The summed E-state index contributed by atoms with van der Waals surface area (Å²) in [6, 6.07) is 11.1. The number of hydrogen-bond acceptors (Lipinski definition) is 3. The lowest BCUT2D eigenvalue weighted by Crippen LogP contribution is -2.09. The average molecular weight is 302 g/mol. The van der Waals surface area contributed by atoms with E-state index >= 15 is 0 Å². The highest BCUT2D eigenvalue weighted by molar-refractivity contribution is 6.04. The van der Waals surface area contributed by atoms with Crippen molar-refractivity contribution in [3.63, 3.8) is 0 Å². The predicted molar refractivity (Wildman–Crippen MR) is 75.7 cm³/mol. The van der Waals surface area contributed by atoms with Crippen molar-refractivity contribution in [1.29, 1.82) is 5.26 Å². The molecule has 0 unspecified atom stereocenters. The minimum Gasteiger partial charge on any atom is -0.382 e. The van der Waals surface area contributed by atoms with E-state index in [0.717, 1.165) is 6.07 Å². The molecule has 0 spiro atoms. The third-order valence-corrected chi connectivity index (χ3v) is 3.37. The van der Waals surface area contributed by atoms with Gasteiger partial charge in [-0.15, -0.1) is 0 Å². The molecule has 22 heavy (non-hydrogen) atoms. The van der Waals surface area contributed by atoms with Gasteiger partial charge in [-0.3, -0.25) is 5.10 Å². The number of anilines is 1. The highest BCUT2D eigenvalue weighted by Crippen LogP contribution is 2.41. The summed E-state index contributed by atoms with van der Waals surface area (Å²) in [5, 5.41) is 15.6. The largest absolute Gasteiger partial charge is 0.417 e. The minimum absolute atomic E-state index is 0.00585. The monoisotopic (exact) mass is 302 g/mol. The van der Waals surface area contributed by atoms with Gasteiger partial charge in [0.15, 0.2) is 5.82 Å². The van der Waals surface area contributed by atoms with Crippen LogP contribution in [0.15, 0.2) is 36.4 Å². The third-order valence-electron chi connectivity index (χ3n) is 3.37. The van der Waals surface area contributed by atoms with Gasteiger partial charge in [-0.1, -0.05) is 30.3 Å². The molecule has 110 valence electrons. The average Bonchev–Trinajstić information content (AvgIpc) is 2.88. The van der Waals surface area contributed by atoms with E-state index < -0.39 is 17.3 Å². The first-order valence-electron chi connectivity index (χ1n) is 6.26. The first kappa shape index (κ1) is 13.9. The fraction of sp³-hybridized carbons (Fsp3) is 0.0667. The van der Waals surface area contributed by atoms with E-state index in [4.69, 9.17) is 11.0 Å². The lowest BCUT2D eigenvalue weighted by molar-refractivity contribution is -0.137. The lowest BCUT2D eigenvalue weighted by Gasteiger charge is -2.13. The smallest absolute Gasteiger partial charge is 0.382 e. The van der Waals surface area contributed by atoms with Crippen LogP contribution in [0.5, 0.6) is 0 Å². The number of hydrogen-bond donors (Lipinski definition) is 2. The molecule has 2 aromatic carbocycles. The van der Waals surface area contributed by atoms with Crippen LogP contribution < -0.4 is 5.73 Å². The highest BCUT2D eigenvalue weighted by atomic mass is 19.4. The van der Waals surface area contributed by atoms with Crippen LogP contribution in [-0.4, -0.2) is 10.2 Å². The zero-order valence-electron chi connectivity index (χ0n) is 11.1. The molecule has 1 heterocycles. The summed E-state index contributed by atoms with van der Waals surface area (Å²) >= 11 is 0. The Morgan fingerprint density at radius 3 is 2.45 bits per heavy atom. The van der Waals surface area contributed by atoms with Gasteiger partial charge in [0, 0.05) is 0 Å². The standard InChI is InChI=1S/C15H9F3N4/c16-15(17,18)11-6-9(8-4-2-1-3-5-8)12-13(10(11)7-19)21-22-14(12)20/h1-6H,(H3,20,21,22). The Morgan fingerprint density at radius 2 is 1.86 bits per heavy atom. The van der Waals surface area contributed by atoms with E-state index in [-0.39, 0.29) is 16.9 Å². The summed E-state index contributed by atoms with van der Waals surface area (Å²) in [5.41, 5.74) is 5.09. The summed E-state index contributed by atoms with van der Waals surface area (Å²) in [4.78, 5) is 0. The molecule has 3 aromatic rings. The summed E-state index contributed by atoms with van der Waals surface area (Å²) in [5.74, 6) is 0.0547. The van der Waals surface area contributed by atoms with E-state index in [1.807, 2.05) is 0 Å². The number of rotatable bonds is 1. The number of H-pyrrole nitrogens is 1. The second-order valence-electron chi connectivity index (χ2n) is 4.68. The number of nitrogen functional groups attached to an aromatic ring is 1. The Labute approximate surface area is 123 Å². The lowest BCUT2D eigenvalue weighted by atomic mass is 9.94. The van der Waals surface area contributed by atoms with Crippen LogP contribution in [0.3, 0.4) is 0 Å². The molecule has 3 rings (SSSR count). The normalized spacial score (nSPS) is 11.5. The van der Waals surface area contributed by atoms with Gasteiger partial charge in [-0.2, -0.15) is 23.5 Å². The van der Waals surface area contributed by atoms with Crippen molar-refractivity contribution in [2.45, 2.75) is 6.18 Å². The van der Waals surface area contributed by atoms with Crippen LogP contribution in [-0.2, 0) is 6.18 Å². The highest BCUT2D eigenvalue weighted by Gasteiger charge is 2.36. The fourth-order valence-electron chi connectivity index (χ4n) is 2.42.